The molecule has 0 saturated heterocycles. The minimum absolute atomic E-state index is 0.124. The van der Waals surface area contributed by atoms with Gasteiger partial charge in [-0.2, -0.15) is 0 Å². The number of hydrogen-bond donors (Lipinski definition) is 1. The van der Waals surface area contributed by atoms with Crippen LogP contribution >= 0.6 is 0 Å². The maximum Gasteiger partial charge on any atom is 0.256 e. The van der Waals surface area contributed by atoms with E-state index in [9.17, 15) is 4.79 Å². The van der Waals surface area contributed by atoms with Gasteiger partial charge in [-0.3, -0.25) is 9.78 Å². The SMILES string of the molecule is CCCCC[C@](C)(OCC)C(=O)Nc1ccc(OC)c2ncccc12. The Morgan fingerprint density at radius 3 is 2.72 bits per heavy atom. The van der Waals surface area contributed by atoms with Gasteiger partial charge in [0.1, 0.15) is 16.9 Å². The second kappa shape index (κ2) is 8.81. The number of benzene rings is 1. The van der Waals surface area contributed by atoms with E-state index in [0.717, 1.165) is 35.9 Å². The Kier molecular flexibility index (Phi) is 6.76. The number of nitrogens with one attached hydrogen (secondary N) is 1. The van der Waals surface area contributed by atoms with Gasteiger partial charge in [-0.15, -0.1) is 0 Å². The van der Waals surface area contributed by atoms with E-state index in [1.165, 1.54) is 0 Å². The summed E-state index contributed by atoms with van der Waals surface area (Å²) in [5, 5.41) is 3.88. The number of nitrogens with zero attached hydrogens (tertiary/aromatic N) is 1. The summed E-state index contributed by atoms with van der Waals surface area (Å²) in [5.41, 5.74) is 0.612. The number of methoxy groups -OCH3 is 1. The largest absolute Gasteiger partial charge is 0.494 e. The lowest BCUT2D eigenvalue weighted by atomic mass is 9.96. The van der Waals surface area contributed by atoms with E-state index >= 15 is 0 Å². The smallest absolute Gasteiger partial charge is 0.256 e. The molecule has 1 aromatic carbocycles. The first kappa shape index (κ1) is 19.2. The number of hydrogen-bond acceptors (Lipinski definition) is 4. The summed E-state index contributed by atoms with van der Waals surface area (Å²) < 4.78 is 11.2. The van der Waals surface area contributed by atoms with Crippen molar-refractivity contribution in [1.82, 2.24) is 4.98 Å². The zero-order chi connectivity index (χ0) is 18.3. The Labute approximate surface area is 149 Å². The quantitative estimate of drug-likeness (QED) is 0.678. The molecule has 0 unspecified atom stereocenters. The van der Waals surface area contributed by atoms with E-state index in [-0.39, 0.29) is 5.91 Å². The molecule has 0 saturated carbocycles. The average Bonchev–Trinajstić information content (AvgIpc) is 2.62. The molecular formula is C20H28N2O3. The van der Waals surface area contributed by atoms with E-state index in [1.807, 2.05) is 38.1 Å². The Morgan fingerprint density at radius 2 is 2.04 bits per heavy atom. The van der Waals surface area contributed by atoms with Crippen LogP contribution in [0, 0.1) is 0 Å². The molecule has 0 aliphatic heterocycles. The van der Waals surface area contributed by atoms with Crippen LogP contribution in [0.15, 0.2) is 30.5 Å². The molecular weight excluding hydrogens is 316 g/mol. The number of ether oxygens (including phenoxy) is 2. The highest BCUT2D eigenvalue weighted by molar-refractivity contribution is 6.05. The van der Waals surface area contributed by atoms with Crippen molar-refractivity contribution >= 4 is 22.5 Å². The van der Waals surface area contributed by atoms with Gasteiger partial charge in [0.2, 0.25) is 0 Å². The maximum atomic E-state index is 12.9. The van der Waals surface area contributed by atoms with E-state index in [4.69, 9.17) is 9.47 Å². The van der Waals surface area contributed by atoms with Crippen molar-refractivity contribution in [3.8, 4) is 5.75 Å². The van der Waals surface area contributed by atoms with Crippen molar-refractivity contribution in [3.05, 3.63) is 30.5 Å². The van der Waals surface area contributed by atoms with Crippen LogP contribution in [0.4, 0.5) is 5.69 Å². The van der Waals surface area contributed by atoms with E-state index in [2.05, 4.69) is 17.2 Å². The van der Waals surface area contributed by atoms with Crippen LogP contribution in [-0.2, 0) is 9.53 Å². The summed E-state index contributed by atoms with van der Waals surface area (Å²) in [5.74, 6) is 0.560. The fourth-order valence-corrected chi connectivity index (χ4v) is 2.96. The molecule has 25 heavy (non-hydrogen) atoms. The molecule has 0 fully saturated rings. The standard InChI is InChI=1S/C20H28N2O3/c1-5-7-8-13-20(3,25-6-2)19(23)22-16-11-12-17(24-4)18-15(16)10-9-14-21-18/h9-12,14H,5-8,13H2,1-4H3,(H,22,23)/t20-/m0/s1. The van der Waals surface area contributed by atoms with E-state index in [1.54, 1.807) is 13.3 Å². The zero-order valence-corrected chi connectivity index (χ0v) is 15.6. The molecule has 0 spiro atoms. The number of aromatic nitrogens is 1. The van der Waals surface area contributed by atoms with Gasteiger partial charge in [-0.25, -0.2) is 0 Å². The van der Waals surface area contributed by atoms with Crippen molar-refractivity contribution in [1.29, 1.82) is 0 Å². The molecule has 2 rings (SSSR count). The minimum atomic E-state index is -0.835. The Bertz CT molecular complexity index is 717. The molecule has 136 valence electrons. The van der Waals surface area contributed by atoms with E-state index in [0.29, 0.717) is 18.8 Å². The highest BCUT2D eigenvalue weighted by atomic mass is 16.5. The molecule has 0 bridgehead atoms. The Balaban J connectivity index is 2.27. The molecule has 5 heteroatoms. The molecule has 5 nitrogen and oxygen atoms in total. The van der Waals surface area contributed by atoms with Crippen molar-refractivity contribution in [2.45, 2.75) is 52.1 Å². The molecule has 1 heterocycles. The number of carbonyl (C=O) groups excluding carboxylic acids is 1. The second-order valence-electron chi connectivity index (χ2n) is 6.29. The van der Waals surface area contributed by atoms with Gasteiger partial charge in [-0.1, -0.05) is 26.2 Å². The lowest BCUT2D eigenvalue weighted by Crippen LogP contribution is -2.42. The van der Waals surface area contributed by atoms with Crippen LogP contribution in [0.25, 0.3) is 10.9 Å². The fraction of sp³-hybridized carbons (Fsp3) is 0.500. The lowest BCUT2D eigenvalue weighted by molar-refractivity contribution is -0.139. The number of amides is 1. The Hall–Kier alpha value is -2.14. The zero-order valence-electron chi connectivity index (χ0n) is 15.6. The van der Waals surface area contributed by atoms with Crippen molar-refractivity contribution in [3.63, 3.8) is 0 Å². The first-order valence-corrected chi connectivity index (χ1v) is 8.92. The van der Waals surface area contributed by atoms with Crippen LogP contribution in [0.3, 0.4) is 0 Å². The molecule has 0 radical (unpaired) electrons. The topological polar surface area (TPSA) is 60.5 Å². The average molecular weight is 344 g/mol. The highest BCUT2D eigenvalue weighted by Gasteiger charge is 2.33. The first-order chi connectivity index (χ1) is 12.1. The van der Waals surface area contributed by atoms with Gasteiger partial charge in [-0.05, 0) is 44.5 Å². The van der Waals surface area contributed by atoms with Crippen LogP contribution in [0.5, 0.6) is 5.75 Å². The molecule has 0 aliphatic rings. The first-order valence-electron chi connectivity index (χ1n) is 8.92. The van der Waals surface area contributed by atoms with Gasteiger partial charge < -0.3 is 14.8 Å². The number of fused-ring (bicyclic) bond motifs is 1. The van der Waals surface area contributed by atoms with Crippen LogP contribution in [0.1, 0.15) is 46.5 Å². The summed E-state index contributed by atoms with van der Waals surface area (Å²) in [6.45, 7) is 6.43. The molecule has 1 N–H and O–H groups in total. The summed E-state index contributed by atoms with van der Waals surface area (Å²) in [6, 6.07) is 7.44. The van der Waals surface area contributed by atoms with E-state index < -0.39 is 5.60 Å². The number of anilines is 1. The third kappa shape index (κ3) is 4.48. The monoisotopic (exact) mass is 344 g/mol. The minimum Gasteiger partial charge on any atom is -0.494 e. The Morgan fingerprint density at radius 1 is 1.24 bits per heavy atom. The van der Waals surface area contributed by atoms with Crippen molar-refractivity contribution in [2.75, 3.05) is 19.0 Å². The summed E-state index contributed by atoms with van der Waals surface area (Å²) in [7, 11) is 1.61. The molecule has 2 aromatic rings. The van der Waals surface area contributed by atoms with Gasteiger partial charge >= 0.3 is 0 Å². The van der Waals surface area contributed by atoms with Crippen LogP contribution in [0.2, 0.25) is 0 Å². The molecule has 1 aromatic heterocycles. The number of unbranched alkanes of at least 4 members (excludes halogenated alkanes) is 2. The summed E-state index contributed by atoms with van der Waals surface area (Å²) >= 11 is 0. The predicted octanol–water partition coefficient (Wildman–Crippen LogP) is 4.56. The normalized spacial score (nSPS) is 13.4. The molecule has 1 atom stereocenters. The van der Waals surface area contributed by atoms with Crippen LogP contribution < -0.4 is 10.1 Å². The summed E-state index contributed by atoms with van der Waals surface area (Å²) in [6.07, 6.45) is 5.58. The second-order valence-corrected chi connectivity index (χ2v) is 6.29. The fourth-order valence-electron chi connectivity index (χ4n) is 2.96. The van der Waals surface area contributed by atoms with Crippen molar-refractivity contribution < 1.29 is 14.3 Å². The number of pyridine rings is 1. The predicted molar refractivity (Wildman–Crippen MR) is 101 cm³/mol. The summed E-state index contributed by atoms with van der Waals surface area (Å²) in [4.78, 5) is 17.3. The maximum absolute atomic E-state index is 12.9. The third-order valence-electron chi connectivity index (χ3n) is 4.40. The van der Waals surface area contributed by atoms with Gasteiger partial charge in [0.15, 0.2) is 0 Å². The van der Waals surface area contributed by atoms with Crippen molar-refractivity contribution in [2.24, 2.45) is 0 Å². The van der Waals surface area contributed by atoms with Crippen LogP contribution in [-0.4, -0.2) is 30.2 Å². The number of rotatable bonds is 9. The lowest BCUT2D eigenvalue weighted by Gasteiger charge is -2.28. The van der Waals surface area contributed by atoms with Gasteiger partial charge in [0.25, 0.3) is 5.91 Å². The molecule has 0 aliphatic carbocycles. The van der Waals surface area contributed by atoms with Gasteiger partial charge in [0.05, 0.1) is 12.8 Å². The van der Waals surface area contributed by atoms with Gasteiger partial charge in [0, 0.05) is 18.2 Å². The number of carbonyl (C=O) groups is 1. The third-order valence-corrected chi connectivity index (χ3v) is 4.40. The molecule has 1 amide bonds. The highest BCUT2D eigenvalue weighted by Crippen LogP contribution is 2.31.